The van der Waals surface area contributed by atoms with Crippen molar-refractivity contribution in [2.45, 2.75) is 110 Å². The van der Waals surface area contributed by atoms with Gasteiger partial charge in [-0.15, -0.1) is 0 Å². The predicted molar refractivity (Wildman–Crippen MR) is 135 cm³/mol. The van der Waals surface area contributed by atoms with E-state index < -0.39 is 0 Å². The van der Waals surface area contributed by atoms with Crippen LogP contribution in [-0.4, -0.2) is 0 Å². The van der Waals surface area contributed by atoms with Gasteiger partial charge in [0.05, 0.1) is 0 Å². The third kappa shape index (κ3) is 26.4. The minimum Gasteiger partial charge on any atom is -0.0991 e. The predicted octanol–water partition coefficient (Wildman–Crippen LogP) is 10.2. The van der Waals surface area contributed by atoms with Crippen LogP contribution >= 0.6 is 0 Å². The number of rotatable bonds is 21. The molecule has 29 heavy (non-hydrogen) atoms. The fraction of sp³-hybridized carbons (Fsp3) is 0.586. The molecule has 0 heteroatoms. The minimum atomic E-state index is 1.21. The summed E-state index contributed by atoms with van der Waals surface area (Å²) in [7, 11) is 0. The normalized spacial score (nSPS) is 12.6. The highest BCUT2D eigenvalue weighted by Gasteiger charge is 1.94. The van der Waals surface area contributed by atoms with Gasteiger partial charge in [-0.2, -0.15) is 0 Å². The molecular formula is C29H48. The zero-order chi connectivity index (χ0) is 21.1. The zero-order valence-electron chi connectivity index (χ0n) is 19.4. The molecule has 0 aromatic carbocycles. The van der Waals surface area contributed by atoms with Gasteiger partial charge in [0.1, 0.15) is 0 Å². The van der Waals surface area contributed by atoms with Gasteiger partial charge in [-0.1, -0.05) is 170 Å². The highest BCUT2D eigenvalue weighted by Crippen LogP contribution is 2.13. The van der Waals surface area contributed by atoms with Crippen molar-refractivity contribution < 1.29 is 0 Å². The molecule has 0 heterocycles. The van der Waals surface area contributed by atoms with Crippen LogP contribution in [0.15, 0.2) is 73.4 Å². The van der Waals surface area contributed by atoms with E-state index in [0.29, 0.717) is 0 Å². The second-order valence-electron chi connectivity index (χ2n) is 7.94. The molecule has 0 saturated carbocycles. The van der Waals surface area contributed by atoms with Gasteiger partial charge in [-0.05, 0) is 12.8 Å². The lowest BCUT2D eigenvalue weighted by Crippen LogP contribution is -1.83. The summed E-state index contributed by atoms with van der Waals surface area (Å²) in [5, 5.41) is 0. The molecule has 0 unspecified atom stereocenters. The van der Waals surface area contributed by atoms with Crippen molar-refractivity contribution in [3.63, 3.8) is 0 Å². The Morgan fingerprint density at radius 3 is 1.17 bits per heavy atom. The maximum Gasteiger partial charge on any atom is -0.0348 e. The van der Waals surface area contributed by atoms with E-state index in [9.17, 15) is 0 Å². The van der Waals surface area contributed by atoms with Crippen LogP contribution in [0.25, 0.3) is 0 Å². The second-order valence-corrected chi connectivity index (χ2v) is 7.94. The largest absolute Gasteiger partial charge is 0.0991 e. The van der Waals surface area contributed by atoms with Gasteiger partial charge >= 0.3 is 0 Å². The number of hydrogen-bond acceptors (Lipinski definition) is 0. The van der Waals surface area contributed by atoms with Gasteiger partial charge in [-0.25, -0.2) is 0 Å². The first kappa shape index (κ1) is 27.4. The summed E-state index contributed by atoms with van der Waals surface area (Å²) < 4.78 is 0. The lowest BCUT2D eigenvalue weighted by molar-refractivity contribution is 0.533. The first-order valence-corrected chi connectivity index (χ1v) is 12.4. The molecule has 0 spiro atoms. The molecule has 0 aliphatic carbocycles. The fourth-order valence-corrected chi connectivity index (χ4v) is 3.34. The molecule has 0 bridgehead atoms. The van der Waals surface area contributed by atoms with Crippen LogP contribution < -0.4 is 0 Å². The van der Waals surface area contributed by atoms with Crippen LogP contribution in [0.5, 0.6) is 0 Å². The maximum absolute atomic E-state index is 3.63. The topological polar surface area (TPSA) is 0 Å². The molecular weight excluding hydrogens is 348 g/mol. The minimum absolute atomic E-state index is 1.21. The maximum atomic E-state index is 3.63. The SMILES string of the molecule is C=C/C=C/C=C/C=C/C=C/C=C/CCCCCCCCCCCCCCCCC. The molecule has 0 atom stereocenters. The Balaban J connectivity index is 3.26. The van der Waals surface area contributed by atoms with Gasteiger partial charge in [0.25, 0.3) is 0 Å². The van der Waals surface area contributed by atoms with E-state index in [4.69, 9.17) is 0 Å². The Kier molecular flexibility index (Phi) is 25.0. The van der Waals surface area contributed by atoms with E-state index in [0.717, 1.165) is 0 Å². The summed E-state index contributed by atoms with van der Waals surface area (Å²) in [6, 6.07) is 0. The van der Waals surface area contributed by atoms with Crippen molar-refractivity contribution in [3.8, 4) is 0 Å². The van der Waals surface area contributed by atoms with Gasteiger partial charge in [0.2, 0.25) is 0 Å². The highest BCUT2D eigenvalue weighted by molar-refractivity contribution is 5.18. The van der Waals surface area contributed by atoms with E-state index in [1.807, 2.05) is 30.4 Å². The molecule has 0 saturated heterocycles. The summed E-state index contributed by atoms with van der Waals surface area (Å²) in [5.41, 5.74) is 0. The Morgan fingerprint density at radius 2 is 0.759 bits per heavy atom. The van der Waals surface area contributed by atoms with Crippen molar-refractivity contribution in [2.75, 3.05) is 0 Å². The van der Waals surface area contributed by atoms with Gasteiger partial charge in [0, 0.05) is 0 Å². The van der Waals surface area contributed by atoms with Crippen LogP contribution in [0, 0.1) is 0 Å². The Labute approximate surface area is 183 Å². The van der Waals surface area contributed by atoms with Crippen LogP contribution in [0.2, 0.25) is 0 Å². The van der Waals surface area contributed by atoms with Crippen molar-refractivity contribution >= 4 is 0 Å². The molecule has 0 nitrogen and oxygen atoms in total. The molecule has 0 aliphatic rings. The lowest BCUT2D eigenvalue weighted by atomic mass is 10.0. The Bertz CT molecular complexity index is 458. The molecule has 0 fully saturated rings. The molecule has 0 N–H and O–H groups in total. The van der Waals surface area contributed by atoms with Crippen LogP contribution in [-0.2, 0) is 0 Å². The van der Waals surface area contributed by atoms with Gasteiger partial charge in [0.15, 0.2) is 0 Å². The summed E-state index contributed by atoms with van der Waals surface area (Å²) in [4.78, 5) is 0. The average molecular weight is 397 g/mol. The van der Waals surface area contributed by atoms with Crippen molar-refractivity contribution in [1.29, 1.82) is 0 Å². The highest BCUT2D eigenvalue weighted by atomic mass is 14.0. The van der Waals surface area contributed by atoms with Crippen LogP contribution in [0.3, 0.4) is 0 Å². The van der Waals surface area contributed by atoms with Crippen molar-refractivity contribution in [2.24, 2.45) is 0 Å². The summed E-state index contributed by atoms with van der Waals surface area (Å²) in [6.07, 6.45) is 45.1. The summed E-state index contributed by atoms with van der Waals surface area (Å²) >= 11 is 0. The van der Waals surface area contributed by atoms with Crippen molar-refractivity contribution in [1.82, 2.24) is 0 Å². The van der Waals surface area contributed by atoms with E-state index in [1.54, 1.807) is 6.08 Å². The number of unbranched alkanes of at least 4 members (excludes halogenated alkanes) is 15. The number of allylic oxidation sites excluding steroid dienone is 11. The van der Waals surface area contributed by atoms with E-state index in [-0.39, 0.29) is 0 Å². The summed E-state index contributed by atoms with van der Waals surface area (Å²) in [5.74, 6) is 0. The van der Waals surface area contributed by atoms with E-state index >= 15 is 0 Å². The fourth-order valence-electron chi connectivity index (χ4n) is 3.34. The standard InChI is InChI=1S/C29H48/c1-3-5-7-9-11-13-15-17-19-21-23-25-27-29-28-26-24-22-20-18-16-14-12-10-8-6-4-2/h3,5,7,9,11,13,15,17,19,21,23H,1,4,6,8,10,12,14,16,18,20,22,24-29H2,2H3/b7-5+,11-9+,15-13+,19-17+,23-21+. The zero-order valence-corrected chi connectivity index (χ0v) is 19.4. The molecule has 164 valence electrons. The Hall–Kier alpha value is -1.56. The molecule has 0 amide bonds. The third-order valence-corrected chi connectivity index (χ3v) is 5.14. The Morgan fingerprint density at radius 1 is 0.414 bits per heavy atom. The molecule has 0 rings (SSSR count). The first-order chi connectivity index (χ1) is 14.4. The number of hydrogen-bond donors (Lipinski definition) is 0. The molecule has 0 aromatic heterocycles. The van der Waals surface area contributed by atoms with E-state index in [1.165, 1.54) is 103 Å². The van der Waals surface area contributed by atoms with Crippen molar-refractivity contribution in [3.05, 3.63) is 73.4 Å². The second kappa shape index (κ2) is 26.4. The van der Waals surface area contributed by atoms with Crippen LogP contribution in [0.1, 0.15) is 110 Å². The molecule has 0 aromatic rings. The first-order valence-electron chi connectivity index (χ1n) is 12.4. The molecule has 0 radical (unpaired) electrons. The lowest BCUT2D eigenvalue weighted by Gasteiger charge is -2.03. The molecule has 0 aliphatic heterocycles. The smallest absolute Gasteiger partial charge is 0.0348 e. The average Bonchev–Trinajstić information content (AvgIpc) is 2.74. The monoisotopic (exact) mass is 396 g/mol. The van der Waals surface area contributed by atoms with Gasteiger partial charge in [-0.3, -0.25) is 0 Å². The quantitative estimate of drug-likeness (QED) is 0.134. The summed E-state index contributed by atoms with van der Waals surface area (Å²) in [6.45, 7) is 5.93. The van der Waals surface area contributed by atoms with Gasteiger partial charge < -0.3 is 0 Å². The van der Waals surface area contributed by atoms with Crippen LogP contribution in [0.4, 0.5) is 0 Å². The van der Waals surface area contributed by atoms with E-state index in [2.05, 4.69) is 43.9 Å². The third-order valence-electron chi connectivity index (χ3n) is 5.14.